The highest BCUT2D eigenvalue weighted by atomic mass is 19.1. The lowest BCUT2D eigenvalue weighted by Gasteiger charge is -2.36. The number of pyridine rings is 2. The summed E-state index contributed by atoms with van der Waals surface area (Å²) >= 11 is 0. The maximum absolute atomic E-state index is 13.8. The SMILES string of the molecule is CC(C(=O)Nc1ccc(-c2cccnc2F)cn1)N1CCCC(C=O)=C1C(=O)N(C)C. The quantitative estimate of drug-likeness (QED) is 0.563. The lowest BCUT2D eigenvalue weighted by Crippen LogP contribution is -2.47. The Morgan fingerprint density at radius 2 is 2.03 bits per heavy atom. The number of nitrogens with one attached hydrogen (secondary N) is 1. The molecule has 1 aliphatic heterocycles. The van der Waals surface area contributed by atoms with Crippen LogP contribution in [0.2, 0.25) is 0 Å². The largest absolute Gasteiger partial charge is 0.355 e. The van der Waals surface area contributed by atoms with Gasteiger partial charge >= 0.3 is 0 Å². The van der Waals surface area contributed by atoms with Gasteiger partial charge < -0.3 is 15.1 Å². The zero-order valence-electron chi connectivity index (χ0n) is 17.6. The zero-order valence-corrected chi connectivity index (χ0v) is 17.6. The van der Waals surface area contributed by atoms with E-state index in [1.165, 1.54) is 17.3 Å². The number of nitrogens with zero attached hydrogens (tertiary/aromatic N) is 4. The van der Waals surface area contributed by atoms with Gasteiger partial charge in [-0.2, -0.15) is 4.39 Å². The van der Waals surface area contributed by atoms with Gasteiger partial charge in [0, 0.05) is 49.7 Å². The minimum atomic E-state index is -0.702. The summed E-state index contributed by atoms with van der Waals surface area (Å²) in [6, 6.07) is 5.73. The van der Waals surface area contributed by atoms with Crippen molar-refractivity contribution in [1.82, 2.24) is 19.8 Å². The predicted octanol–water partition coefficient (Wildman–Crippen LogP) is 2.25. The van der Waals surface area contributed by atoms with Gasteiger partial charge in [-0.3, -0.25) is 14.4 Å². The molecule has 1 aliphatic rings. The number of aromatic nitrogens is 2. The average Bonchev–Trinajstić information content (AvgIpc) is 2.78. The van der Waals surface area contributed by atoms with E-state index in [1.54, 1.807) is 50.2 Å². The van der Waals surface area contributed by atoms with Gasteiger partial charge in [0.05, 0.1) is 0 Å². The van der Waals surface area contributed by atoms with E-state index in [-0.39, 0.29) is 17.5 Å². The van der Waals surface area contributed by atoms with E-state index in [9.17, 15) is 18.8 Å². The van der Waals surface area contributed by atoms with Crippen molar-refractivity contribution in [2.45, 2.75) is 25.8 Å². The van der Waals surface area contributed by atoms with Gasteiger partial charge in [-0.1, -0.05) is 0 Å². The third-order valence-corrected chi connectivity index (χ3v) is 5.12. The maximum atomic E-state index is 13.8. The molecule has 0 saturated carbocycles. The van der Waals surface area contributed by atoms with E-state index in [2.05, 4.69) is 15.3 Å². The first kappa shape index (κ1) is 22.1. The predicted molar refractivity (Wildman–Crippen MR) is 113 cm³/mol. The van der Waals surface area contributed by atoms with Crippen molar-refractivity contribution in [3.63, 3.8) is 0 Å². The summed E-state index contributed by atoms with van der Waals surface area (Å²) in [4.78, 5) is 47.9. The van der Waals surface area contributed by atoms with Crippen LogP contribution in [0.3, 0.4) is 0 Å². The summed E-state index contributed by atoms with van der Waals surface area (Å²) in [5, 5.41) is 2.72. The molecule has 31 heavy (non-hydrogen) atoms. The van der Waals surface area contributed by atoms with Gasteiger partial charge in [-0.05, 0) is 44.0 Å². The zero-order chi connectivity index (χ0) is 22.5. The third-order valence-electron chi connectivity index (χ3n) is 5.12. The van der Waals surface area contributed by atoms with Crippen LogP contribution in [0.4, 0.5) is 10.2 Å². The number of likely N-dealkylation sites (N-methyl/N-ethyl adjacent to an activating group) is 1. The second-order valence-electron chi connectivity index (χ2n) is 7.43. The number of hydrogen-bond donors (Lipinski definition) is 1. The molecule has 0 aliphatic carbocycles. The monoisotopic (exact) mass is 425 g/mol. The summed E-state index contributed by atoms with van der Waals surface area (Å²) in [5.41, 5.74) is 1.49. The molecular weight excluding hydrogens is 401 g/mol. The molecule has 0 radical (unpaired) electrons. The highest BCUT2D eigenvalue weighted by Gasteiger charge is 2.32. The minimum absolute atomic E-state index is 0.254. The number of hydrogen-bond acceptors (Lipinski definition) is 6. The molecule has 2 amide bonds. The molecule has 8 nitrogen and oxygen atoms in total. The number of carbonyl (C=O) groups is 3. The number of carbonyl (C=O) groups excluding carboxylic acids is 3. The molecule has 1 atom stereocenters. The number of anilines is 1. The first-order valence-corrected chi connectivity index (χ1v) is 9.88. The van der Waals surface area contributed by atoms with E-state index in [0.717, 1.165) is 0 Å². The molecule has 3 rings (SSSR count). The lowest BCUT2D eigenvalue weighted by atomic mass is 10.00. The average molecular weight is 425 g/mol. The van der Waals surface area contributed by atoms with E-state index >= 15 is 0 Å². The van der Waals surface area contributed by atoms with Crippen molar-refractivity contribution in [2.75, 3.05) is 26.0 Å². The van der Waals surface area contributed by atoms with Gasteiger partial charge in [0.1, 0.15) is 23.8 Å². The van der Waals surface area contributed by atoms with Crippen molar-refractivity contribution in [3.8, 4) is 11.1 Å². The van der Waals surface area contributed by atoms with Gasteiger partial charge in [0.2, 0.25) is 11.9 Å². The highest BCUT2D eigenvalue weighted by Crippen LogP contribution is 2.26. The normalized spacial score (nSPS) is 14.8. The first-order valence-electron chi connectivity index (χ1n) is 9.88. The molecule has 0 spiro atoms. The number of aldehydes is 1. The minimum Gasteiger partial charge on any atom is -0.355 e. The molecule has 0 bridgehead atoms. The Hall–Kier alpha value is -3.62. The van der Waals surface area contributed by atoms with E-state index in [0.29, 0.717) is 48.2 Å². The summed E-state index contributed by atoms with van der Waals surface area (Å²) in [6.45, 7) is 2.15. The third kappa shape index (κ3) is 4.76. The Balaban J connectivity index is 1.77. The summed E-state index contributed by atoms with van der Waals surface area (Å²) in [5.74, 6) is -0.996. The lowest BCUT2D eigenvalue weighted by molar-refractivity contribution is -0.128. The van der Waals surface area contributed by atoms with Crippen molar-refractivity contribution < 1.29 is 18.8 Å². The molecule has 2 aromatic heterocycles. The molecule has 3 heterocycles. The van der Waals surface area contributed by atoms with Crippen LogP contribution in [0.1, 0.15) is 19.8 Å². The van der Waals surface area contributed by atoms with Gasteiger partial charge in [0.15, 0.2) is 0 Å². The molecule has 9 heteroatoms. The first-order chi connectivity index (χ1) is 14.8. The van der Waals surface area contributed by atoms with Gasteiger partial charge in [0.25, 0.3) is 5.91 Å². The van der Waals surface area contributed by atoms with Crippen LogP contribution < -0.4 is 5.32 Å². The number of halogens is 1. The molecular formula is C22H24FN5O3. The molecule has 0 aromatic carbocycles. The molecule has 1 N–H and O–H groups in total. The van der Waals surface area contributed by atoms with Crippen LogP contribution in [-0.4, -0.2) is 64.6 Å². The van der Waals surface area contributed by atoms with Crippen LogP contribution >= 0.6 is 0 Å². The Bertz CT molecular complexity index is 1020. The Morgan fingerprint density at radius 1 is 1.26 bits per heavy atom. The molecule has 2 aromatic rings. The van der Waals surface area contributed by atoms with Gasteiger partial charge in [-0.25, -0.2) is 9.97 Å². The Kier molecular flexibility index (Phi) is 6.74. The van der Waals surface area contributed by atoms with Crippen LogP contribution in [0.15, 0.2) is 47.9 Å². The van der Waals surface area contributed by atoms with E-state index in [4.69, 9.17) is 0 Å². The molecule has 162 valence electrons. The fourth-order valence-corrected chi connectivity index (χ4v) is 3.43. The topological polar surface area (TPSA) is 95.5 Å². The van der Waals surface area contributed by atoms with Crippen LogP contribution in [0.25, 0.3) is 11.1 Å². The second-order valence-corrected chi connectivity index (χ2v) is 7.43. The molecule has 0 fully saturated rings. The summed E-state index contributed by atoms with van der Waals surface area (Å²) < 4.78 is 13.8. The summed E-state index contributed by atoms with van der Waals surface area (Å²) in [6.07, 6.45) is 4.66. The molecule has 0 saturated heterocycles. The Morgan fingerprint density at radius 3 is 2.65 bits per heavy atom. The highest BCUT2D eigenvalue weighted by molar-refractivity contribution is 6.00. The van der Waals surface area contributed by atoms with Crippen molar-refractivity contribution in [3.05, 3.63) is 53.9 Å². The van der Waals surface area contributed by atoms with Gasteiger partial charge in [-0.15, -0.1) is 0 Å². The van der Waals surface area contributed by atoms with Crippen LogP contribution in [-0.2, 0) is 14.4 Å². The van der Waals surface area contributed by atoms with Crippen molar-refractivity contribution in [2.24, 2.45) is 0 Å². The van der Waals surface area contributed by atoms with E-state index < -0.39 is 12.0 Å². The number of allylic oxidation sites excluding steroid dienone is 1. The van der Waals surface area contributed by atoms with Crippen molar-refractivity contribution in [1.29, 1.82) is 0 Å². The smallest absolute Gasteiger partial charge is 0.270 e. The summed E-state index contributed by atoms with van der Waals surface area (Å²) in [7, 11) is 3.21. The van der Waals surface area contributed by atoms with Crippen LogP contribution in [0.5, 0.6) is 0 Å². The number of amides is 2. The fraction of sp³-hybridized carbons (Fsp3) is 0.318. The van der Waals surface area contributed by atoms with Crippen LogP contribution in [0, 0.1) is 5.95 Å². The van der Waals surface area contributed by atoms with E-state index in [1.807, 2.05) is 0 Å². The fourth-order valence-electron chi connectivity index (χ4n) is 3.43. The van der Waals surface area contributed by atoms with Crippen molar-refractivity contribution >= 4 is 23.9 Å². The standard InChI is InChI=1S/C22H24FN5O3/c1-14(28-11-5-6-16(13-29)19(28)22(31)27(2)3)21(30)26-18-9-8-15(12-25-18)17-7-4-10-24-20(17)23/h4,7-10,12-14H,5-6,11H2,1-3H3,(H,25,26,30). The molecule has 1 unspecified atom stereocenters. The number of rotatable bonds is 6. The Labute approximate surface area is 179 Å². The second kappa shape index (κ2) is 9.46. The maximum Gasteiger partial charge on any atom is 0.270 e.